The Labute approximate surface area is 81.0 Å². The lowest BCUT2D eigenvalue weighted by molar-refractivity contribution is -0.163. The number of ether oxygens (including phenoxy) is 1. The van der Waals surface area contributed by atoms with Gasteiger partial charge in [-0.2, -0.15) is 0 Å². The second kappa shape index (κ2) is 3.97. The average Bonchev–Trinajstić information content (AvgIpc) is 1.99. The molecule has 0 amide bonds. The summed E-state index contributed by atoms with van der Waals surface area (Å²) in [6, 6.07) is 0. The lowest BCUT2D eigenvalue weighted by Gasteiger charge is -2.46. The molecule has 0 aromatic carbocycles. The first-order chi connectivity index (χ1) is 6.35. The highest BCUT2D eigenvalue weighted by molar-refractivity contribution is 4.92. The maximum atomic E-state index is 6.17. The third kappa shape index (κ3) is 2.05. The van der Waals surface area contributed by atoms with Gasteiger partial charge in [-0.15, -0.1) is 0 Å². The van der Waals surface area contributed by atoms with Gasteiger partial charge in [-0.05, 0) is 58.5 Å². The van der Waals surface area contributed by atoms with Gasteiger partial charge < -0.3 is 10.1 Å². The van der Waals surface area contributed by atoms with E-state index in [1.165, 1.54) is 44.9 Å². The molecule has 2 saturated carbocycles. The quantitative estimate of drug-likeness (QED) is 0.704. The monoisotopic (exact) mass is 183 g/mol. The van der Waals surface area contributed by atoms with Crippen molar-refractivity contribution in [3.05, 3.63) is 0 Å². The predicted octanol–water partition coefficient (Wildman–Crippen LogP) is 2.09. The van der Waals surface area contributed by atoms with Crippen LogP contribution in [0.15, 0.2) is 0 Å². The highest BCUT2D eigenvalue weighted by atomic mass is 16.5. The van der Waals surface area contributed by atoms with E-state index in [0.717, 1.165) is 6.54 Å². The SMILES string of the molecule is CNCCC1(OC2CCC2)CCC1. The molecule has 0 aliphatic heterocycles. The minimum absolute atomic E-state index is 0.286. The van der Waals surface area contributed by atoms with Crippen LogP contribution in [0.4, 0.5) is 0 Å². The van der Waals surface area contributed by atoms with Crippen molar-refractivity contribution in [2.75, 3.05) is 13.6 Å². The third-order valence-corrected chi connectivity index (χ3v) is 3.56. The maximum absolute atomic E-state index is 6.17. The molecule has 1 N–H and O–H groups in total. The van der Waals surface area contributed by atoms with Crippen molar-refractivity contribution < 1.29 is 4.74 Å². The van der Waals surface area contributed by atoms with Crippen LogP contribution in [0, 0.1) is 0 Å². The molecule has 2 rings (SSSR count). The summed E-state index contributed by atoms with van der Waals surface area (Å²) < 4.78 is 6.17. The van der Waals surface area contributed by atoms with Crippen LogP contribution in [-0.4, -0.2) is 25.3 Å². The number of nitrogens with one attached hydrogen (secondary N) is 1. The van der Waals surface area contributed by atoms with Gasteiger partial charge in [0.15, 0.2) is 0 Å². The summed E-state index contributed by atoms with van der Waals surface area (Å²) in [7, 11) is 2.02. The molecule has 0 unspecified atom stereocenters. The van der Waals surface area contributed by atoms with Crippen molar-refractivity contribution in [3.63, 3.8) is 0 Å². The van der Waals surface area contributed by atoms with Crippen LogP contribution in [0.5, 0.6) is 0 Å². The smallest absolute Gasteiger partial charge is 0.0698 e. The van der Waals surface area contributed by atoms with Gasteiger partial charge in [0.25, 0.3) is 0 Å². The second-order valence-corrected chi connectivity index (χ2v) is 4.56. The van der Waals surface area contributed by atoms with Crippen LogP contribution in [0.25, 0.3) is 0 Å². The molecule has 0 bridgehead atoms. The minimum atomic E-state index is 0.286. The highest BCUT2D eigenvalue weighted by Gasteiger charge is 2.40. The van der Waals surface area contributed by atoms with Crippen molar-refractivity contribution in [2.45, 2.75) is 56.7 Å². The van der Waals surface area contributed by atoms with Crippen molar-refractivity contribution >= 4 is 0 Å². The molecule has 0 saturated heterocycles. The van der Waals surface area contributed by atoms with Crippen LogP contribution in [-0.2, 0) is 4.74 Å². The van der Waals surface area contributed by atoms with Gasteiger partial charge in [-0.3, -0.25) is 0 Å². The van der Waals surface area contributed by atoms with Crippen LogP contribution in [0.2, 0.25) is 0 Å². The first-order valence-electron chi connectivity index (χ1n) is 5.67. The largest absolute Gasteiger partial charge is 0.372 e. The molecule has 0 heterocycles. The van der Waals surface area contributed by atoms with E-state index in [4.69, 9.17) is 4.74 Å². The lowest BCUT2D eigenvalue weighted by Crippen LogP contribution is -2.46. The highest BCUT2D eigenvalue weighted by Crippen LogP contribution is 2.42. The van der Waals surface area contributed by atoms with Crippen LogP contribution in [0.3, 0.4) is 0 Å². The zero-order valence-corrected chi connectivity index (χ0v) is 8.64. The molecular weight excluding hydrogens is 162 g/mol. The van der Waals surface area contributed by atoms with E-state index in [1.54, 1.807) is 0 Å². The van der Waals surface area contributed by atoms with Crippen molar-refractivity contribution in [2.24, 2.45) is 0 Å². The maximum Gasteiger partial charge on any atom is 0.0698 e. The Morgan fingerprint density at radius 3 is 2.46 bits per heavy atom. The zero-order chi connectivity index (χ0) is 9.15. The Bertz CT molecular complexity index is 161. The van der Waals surface area contributed by atoms with E-state index in [0.29, 0.717) is 6.10 Å². The fourth-order valence-electron chi connectivity index (χ4n) is 2.19. The van der Waals surface area contributed by atoms with Crippen molar-refractivity contribution in [3.8, 4) is 0 Å². The molecule has 0 aromatic heterocycles. The van der Waals surface area contributed by atoms with Gasteiger partial charge >= 0.3 is 0 Å². The van der Waals surface area contributed by atoms with E-state index in [2.05, 4.69) is 5.32 Å². The summed E-state index contributed by atoms with van der Waals surface area (Å²) in [4.78, 5) is 0. The number of rotatable bonds is 5. The van der Waals surface area contributed by atoms with E-state index in [9.17, 15) is 0 Å². The Morgan fingerprint density at radius 1 is 1.31 bits per heavy atom. The zero-order valence-electron chi connectivity index (χ0n) is 8.64. The molecule has 76 valence electrons. The molecule has 0 aromatic rings. The summed E-state index contributed by atoms with van der Waals surface area (Å²) in [5.74, 6) is 0. The molecule has 0 radical (unpaired) electrons. The Kier molecular flexibility index (Phi) is 2.89. The third-order valence-electron chi connectivity index (χ3n) is 3.56. The molecule has 13 heavy (non-hydrogen) atoms. The van der Waals surface area contributed by atoms with E-state index in [1.807, 2.05) is 7.05 Å². The Hall–Kier alpha value is -0.0800. The average molecular weight is 183 g/mol. The van der Waals surface area contributed by atoms with E-state index >= 15 is 0 Å². The Balaban J connectivity index is 1.76. The van der Waals surface area contributed by atoms with Crippen molar-refractivity contribution in [1.82, 2.24) is 5.32 Å². The fourth-order valence-corrected chi connectivity index (χ4v) is 2.19. The van der Waals surface area contributed by atoms with E-state index in [-0.39, 0.29) is 5.60 Å². The number of hydrogen-bond acceptors (Lipinski definition) is 2. The molecule has 2 fully saturated rings. The normalized spacial score (nSPS) is 26.5. The van der Waals surface area contributed by atoms with Gasteiger partial charge in [0, 0.05) is 0 Å². The second-order valence-electron chi connectivity index (χ2n) is 4.56. The Morgan fingerprint density at radius 2 is 2.08 bits per heavy atom. The summed E-state index contributed by atoms with van der Waals surface area (Å²) in [6.45, 7) is 1.10. The first-order valence-corrected chi connectivity index (χ1v) is 5.67. The van der Waals surface area contributed by atoms with Gasteiger partial charge in [0.2, 0.25) is 0 Å². The summed E-state index contributed by atoms with van der Waals surface area (Å²) in [5.41, 5.74) is 0.286. The molecule has 2 heteroatoms. The lowest BCUT2D eigenvalue weighted by atomic mass is 9.76. The fraction of sp³-hybridized carbons (Fsp3) is 1.00. The summed E-state index contributed by atoms with van der Waals surface area (Å²) >= 11 is 0. The molecular formula is C11H21NO. The predicted molar refractivity (Wildman–Crippen MR) is 53.8 cm³/mol. The molecule has 0 spiro atoms. The van der Waals surface area contributed by atoms with Crippen molar-refractivity contribution in [1.29, 1.82) is 0 Å². The molecule has 2 aliphatic carbocycles. The van der Waals surface area contributed by atoms with Gasteiger partial charge in [-0.25, -0.2) is 0 Å². The first kappa shape index (κ1) is 9.47. The molecule has 2 nitrogen and oxygen atoms in total. The van der Waals surface area contributed by atoms with Crippen LogP contribution >= 0.6 is 0 Å². The van der Waals surface area contributed by atoms with Gasteiger partial charge in [0.1, 0.15) is 0 Å². The van der Waals surface area contributed by atoms with Gasteiger partial charge in [-0.1, -0.05) is 0 Å². The summed E-state index contributed by atoms with van der Waals surface area (Å²) in [5, 5.41) is 3.22. The van der Waals surface area contributed by atoms with E-state index < -0.39 is 0 Å². The topological polar surface area (TPSA) is 21.3 Å². The number of hydrogen-bond donors (Lipinski definition) is 1. The van der Waals surface area contributed by atoms with Crippen LogP contribution < -0.4 is 5.32 Å². The summed E-state index contributed by atoms with van der Waals surface area (Å²) in [6.07, 6.45) is 9.78. The standard InChI is InChI=1S/C11H21NO/c1-12-9-8-11(6-3-7-11)13-10-4-2-5-10/h10,12H,2-9H2,1H3. The van der Waals surface area contributed by atoms with Crippen LogP contribution in [0.1, 0.15) is 44.9 Å². The molecule has 2 aliphatic rings. The van der Waals surface area contributed by atoms with Gasteiger partial charge in [0.05, 0.1) is 11.7 Å². The molecule has 0 atom stereocenters. The minimum Gasteiger partial charge on any atom is -0.372 e.